The van der Waals surface area contributed by atoms with Crippen LogP contribution < -0.4 is 9.47 Å². The lowest BCUT2D eigenvalue weighted by atomic mass is 10.1. The van der Waals surface area contributed by atoms with Gasteiger partial charge in [0.05, 0.1) is 25.8 Å². The molecule has 4 heterocycles. The molecule has 0 saturated carbocycles. The first-order valence-corrected chi connectivity index (χ1v) is 10.7. The molecule has 0 fully saturated rings. The summed E-state index contributed by atoms with van der Waals surface area (Å²) in [6, 6.07) is 5.52. The highest BCUT2D eigenvalue weighted by molar-refractivity contribution is 7.19. The van der Waals surface area contributed by atoms with Crippen molar-refractivity contribution in [2.75, 3.05) is 27.8 Å². The van der Waals surface area contributed by atoms with Crippen molar-refractivity contribution in [2.45, 2.75) is 19.6 Å². The van der Waals surface area contributed by atoms with Gasteiger partial charge in [-0.05, 0) is 37.2 Å². The van der Waals surface area contributed by atoms with E-state index in [1.165, 1.54) is 10.4 Å². The van der Waals surface area contributed by atoms with Crippen LogP contribution >= 0.6 is 11.3 Å². The van der Waals surface area contributed by atoms with Crippen LogP contribution in [0.1, 0.15) is 21.8 Å². The number of oxime groups is 1. The highest BCUT2D eigenvalue weighted by Crippen LogP contribution is 2.35. The maximum atomic E-state index is 5.44. The van der Waals surface area contributed by atoms with Crippen molar-refractivity contribution >= 4 is 33.4 Å². The van der Waals surface area contributed by atoms with Crippen LogP contribution in [-0.2, 0) is 24.4 Å². The molecule has 0 saturated heterocycles. The van der Waals surface area contributed by atoms with Gasteiger partial charge in [-0.2, -0.15) is 0 Å². The molecule has 9 nitrogen and oxygen atoms in total. The highest BCUT2D eigenvalue weighted by Gasteiger charge is 2.22. The number of aromatic nitrogens is 4. The van der Waals surface area contributed by atoms with Crippen molar-refractivity contribution in [1.29, 1.82) is 0 Å². The Bertz CT molecular complexity index is 1280. The van der Waals surface area contributed by atoms with Gasteiger partial charge < -0.3 is 19.2 Å². The summed E-state index contributed by atoms with van der Waals surface area (Å²) >= 11 is 1.74. The van der Waals surface area contributed by atoms with Gasteiger partial charge in [0.1, 0.15) is 11.2 Å². The van der Waals surface area contributed by atoms with Gasteiger partial charge in [-0.25, -0.2) is 14.5 Å². The molecule has 3 aromatic heterocycles. The average molecular weight is 439 g/mol. The number of benzene rings is 1. The summed E-state index contributed by atoms with van der Waals surface area (Å²) in [6.45, 7) is 2.16. The van der Waals surface area contributed by atoms with E-state index in [1.54, 1.807) is 42.6 Å². The Hall–Kier alpha value is -3.24. The minimum atomic E-state index is 0.169. The summed E-state index contributed by atoms with van der Waals surface area (Å²) in [6.07, 6.45) is 4.33. The molecule has 5 rings (SSSR count). The second-order valence-corrected chi connectivity index (χ2v) is 8.42. The number of likely N-dealkylation sites (N-methyl/N-ethyl adjacent to an activating group) is 1. The van der Waals surface area contributed by atoms with Gasteiger partial charge in [0.2, 0.25) is 0 Å². The largest absolute Gasteiger partial charge is 0.493 e. The summed E-state index contributed by atoms with van der Waals surface area (Å²) in [5.41, 5.74) is 3.01. The zero-order valence-electron chi connectivity index (χ0n) is 17.5. The monoisotopic (exact) mass is 438 g/mol. The zero-order valence-corrected chi connectivity index (χ0v) is 18.3. The first-order chi connectivity index (χ1) is 15.2. The third kappa shape index (κ3) is 3.68. The van der Waals surface area contributed by atoms with Crippen molar-refractivity contribution in [3.63, 3.8) is 0 Å². The van der Waals surface area contributed by atoms with Crippen LogP contribution in [0.4, 0.5) is 0 Å². The number of ether oxygens (including phenoxy) is 2. The molecule has 0 aliphatic carbocycles. The molecule has 1 aromatic carbocycles. The minimum absolute atomic E-state index is 0.169. The Morgan fingerprint density at radius 2 is 2.10 bits per heavy atom. The number of nitrogens with zero attached hydrogens (tertiary/aromatic N) is 6. The van der Waals surface area contributed by atoms with Crippen LogP contribution in [-0.4, -0.2) is 58.5 Å². The summed E-state index contributed by atoms with van der Waals surface area (Å²) < 4.78 is 12.3. The lowest BCUT2D eigenvalue weighted by Crippen LogP contribution is -2.25. The van der Waals surface area contributed by atoms with Gasteiger partial charge in [-0.15, -0.1) is 16.4 Å². The van der Waals surface area contributed by atoms with Crippen LogP contribution in [0.15, 0.2) is 29.7 Å². The molecular weight excluding hydrogens is 416 g/mol. The molecule has 4 aromatic rings. The maximum absolute atomic E-state index is 5.44. The Morgan fingerprint density at radius 3 is 2.94 bits per heavy atom. The van der Waals surface area contributed by atoms with Crippen LogP contribution in [0, 0.1) is 0 Å². The lowest BCUT2D eigenvalue weighted by Gasteiger charge is -2.21. The van der Waals surface area contributed by atoms with Gasteiger partial charge in [0, 0.05) is 23.5 Å². The van der Waals surface area contributed by atoms with Crippen molar-refractivity contribution in [3.8, 4) is 11.5 Å². The standard InChI is InChI=1S/C21H22N6O3S/c1-26-7-6-14-17(10-26)31-21-19(14)20-24-18(25-27(20)12-22-21)11-30-23-9-13-4-5-15(28-2)16(8-13)29-3/h4-5,8-9,12H,6-7,10-11H2,1-3H3/b23-9-. The molecule has 1 aliphatic heterocycles. The number of hydrogen-bond donors (Lipinski definition) is 0. The van der Waals surface area contributed by atoms with Gasteiger partial charge in [0.25, 0.3) is 0 Å². The summed E-state index contributed by atoms with van der Waals surface area (Å²) in [5, 5.41) is 9.66. The van der Waals surface area contributed by atoms with Crippen molar-refractivity contribution in [1.82, 2.24) is 24.5 Å². The SMILES string of the molecule is COc1ccc(/C=N\OCc2nc3c4c5c(sc4ncn3n2)CN(C)CC5)cc1OC. The van der Waals surface area contributed by atoms with Crippen molar-refractivity contribution in [3.05, 3.63) is 46.4 Å². The third-order valence-corrected chi connectivity index (χ3v) is 6.41. The predicted molar refractivity (Wildman–Crippen MR) is 118 cm³/mol. The zero-order chi connectivity index (χ0) is 21.4. The normalized spacial score (nSPS) is 14.4. The fourth-order valence-corrected chi connectivity index (χ4v) is 5.01. The van der Waals surface area contributed by atoms with Crippen molar-refractivity contribution < 1.29 is 14.3 Å². The first-order valence-electron chi connectivity index (χ1n) is 9.86. The van der Waals surface area contributed by atoms with E-state index in [-0.39, 0.29) is 6.61 Å². The van der Waals surface area contributed by atoms with Crippen LogP contribution in [0.5, 0.6) is 11.5 Å². The minimum Gasteiger partial charge on any atom is -0.493 e. The molecule has 0 amide bonds. The van der Waals surface area contributed by atoms with E-state index in [4.69, 9.17) is 19.3 Å². The van der Waals surface area contributed by atoms with E-state index < -0.39 is 0 Å². The lowest BCUT2D eigenvalue weighted by molar-refractivity contribution is 0.126. The third-order valence-electron chi connectivity index (χ3n) is 5.29. The van der Waals surface area contributed by atoms with E-state index in [1.807, 2.05) is 18.2 Å². The van der Waals surface area contributed by atoms with E-state index in [9.17, 15) is 0 Å². The molecule has 0 radical (unpaired) electrons. The van der Waals surface area contributed by atoms with Gasteiger partial charge >= 0.3 is 0 Å². The van der Waals surface area contributed by atoms with E-state index in [0.29, 0.717) is 17.3 Å². The molecular formula is C21H22N6O3S. The molecule has 0 unspecified atom stereocenters. The Kier molecular flexibility index (Phi) is 5.16. The molecule has 0 spiro atoms. The molecule has 10 heteroatoms. The number of thiophene rings is 1. The molecule has 31 heavy (non-hydrogen) atoms. The Labute approximate surface area is 182 Å². The van der Waals surface area contributed by atoms with Crippen molar-refractivity contribution in [2.24, 2.45) is 5.16 Å². The summed E-state index contributed by atoms with van der Waals surface area (Å²) in [4.78, 5) is 19.4. The fourth-order valence-electron chi connectivity index (χ4n) is 3.75. The van der Waals surface area contributed by atoms with Crippen LogP contribution in [0.3, 0.4) is 0 Å². The van der Waals surface area contributed by atoms with Crippen LogP contribution in [0.25, 0.3) is 15.9 Å². The predicted octanol–water partition coefficient (Wildman–Crippen LogP) is 2.89. The van der Waals surface area contributed by atoms with Gasteiger partial charge in [-0.3, -0.25) is 0 Å². The molecule has 0 N–H and O–H groups in total. The second kappa shape index (κ2) is 8.12. The number of fused-ring (bicyclic) bond motifs is 5. The number of rotatable bonds is 6. The smallest absolute Gasteiger partial charge is 0.192 e. The highest BCUT2D eigenvalue weighted by atomic mass is 32.1. The second-order valence-electron chi connectivity index (χ2n) is 7.33. The Morgan fingerprint density at radius 1 is 1.23 bits per heavy atom. The first kappa shape index (κ1) is 19.7. The summed E-state index contributed by atoms with van der Waals surface area (Å²) in [7, 11) is 5.34. The molecule has 0 atom stereocenters. The number of hydrogen-bond acceptors (Lipinski definition) is 9. The molecule has 0 bridgehead atoms. The number of methoxy groups -OCH3 is 2. The van der Waals surface area contributed by atoms with Gasteiger partial charge in [0.15, 0.2) is 29.6 Å². The Balaban J connectivity index is 1.34. The van der Waals surface area contributed by atoms with Gasteiger partial charge in [-0.1, -0.05) is 5.16 Å². The topological polar surface area (TPSA) is 86.4 Å². The van der Waals surface area contributed by atoms with E-state index >= 15 is 0 Å². The quantitative estimate of drug-likeness (QED) is 0.338. The van der Waals surface area contributed by atoms with Crippen LogP contribution in [0.2, 0.25) is 0 Å². The van der Waals surface area contributed by atoms with E-state index in [2.05, 4.69) is 27.2 Å². The summed E-state index contributed by atoms with van der Waals surface area (Å²) in [5.74, 6) is 1.86. The molecule has 160 valence electrons. The average Bonchev–Trinajstić information content (AvgIpc) is 3.36. The maximum Gasteiger partial charge on any atom is 0.192 e. The molecule has 1 aliphatic rings. The van der Waals surface area contributed by atoms with E-state index in [0.717, 1.165) is 40.9 Å². The fraction of sp³-hybridized carbons (Fsp3) is 0.333.